The largest absolute Gasteiger partial charge is 0.433 e. The number of hydrogen-bond acceptors (Lipinski definition) is 4. The van der Waals surface area contributed by atoms with E-state index in [1.807, 2.05) is 6.92 Å². The normalized spacial score (nSPS) is 21.8. The topological polar surface area (TPSA) is 67.4 Å². The molecule has 23 heavy (non-hydrogen) atoms. The molecule has 0 amide bonds. The van der Waals surface area contributed by atoms with E-state index in [0.29, 0.717) is 6.54 Å². The Morgan fingerprint density at radius 1 is 1.43 bits per heavy atom. The monoisotopic (exact) mass is 390 g/mol. The van der Waals surface area contributed by atoms with Crippen LogP contribution in [0.2, 0.25) is 5.02 Å². The molecule has 1 fully saturated rings. The highest BCUT2D eigenvalue weighted by Gasteiger charge is 2.27. The third-order valence-corrected chi connectivity index (χ3v) is 5.35. The van der Waals surface area contributed by atoms with Gasteiger partial charge in [-0.1, -0.05) is 18.5 Å². The summed E-state index contributed by atoms with van der Waals surface area (Å²) in [5.41, 5.74) is 0. The van der Waals surface area contributed by atoms with E-state index in [0.717, 1.165) is 25.1 Å². The predicted octanol–water partition coefficient (Wildman–Crippen LogP) is 2.64. The van der Waals surface area contributed by atoms with Crippen LogP contribution in [0.15, 0.2) is 23.1 Å². The molecule has 2 N–H and O–H groups in total. The second-order valence-corrected chi connectivity index (χ2v) is 7.29. The van der Waals surface area contributed by atoms with Crippen LogP contribution in [0, 0.1) is 5.92 Å². The van der Waals surface area contributed by atoms with Gasteiger partial charge in [-0.2, -0.15) is 8.78 Å². The van der Waals surface area contributed by atoms with Crippen molar-refractivity contribution in [1.82, 2.24) is 10.0 Å². The Bertz CT molecular complexity index is 632. The summed E-state index contributed by atoms with van der Waals surface area (Å²) in [4.78, 5) is -0.0862. The van der Waals surface area contributed by atoms with Gasteiger partial charge in [0.15, 0.2) is 0 Å². The van der Waals surface area contributed by atoms with Crippen molar-refractivity contribution in [2.24, 2.45) is 5.92 Å². The molecule has 0 saturated carbocycles. The molecule has 132 valence electrons. The van der Waals surface area contributed by atoms with Gasteiger partial charge in [-0.25, -0.2) is 13.1 Å². The van der Waals surface area contributed by atoms with E-state index in [4.69, 9.17) is 11.6 Å². The maximum absolute atomic E-state index is 12.3. The molecule has 1 heterocycles. The third kappa shape index (κ3) is 5.42. The molecule has 2 atom stereocenters. The van der Waals surface area contributed by atoms with Gasteiger partial charge in [0.25, 0.3) is 0 Å². The van der Waals surface area contributed by atoms with Crippen LogP contribution in [0.25, 0.3) is 0 Å². The van der Waals surface area contributed by atoms with Crippen molar-refractivity contribution < 1.29 is 21.9 Å². The van der Waals surface area contributed by atoms with Crippen LogP contribution in [0.4, 0.5) is 8.78 Å². The summed E-state index contributed by atoms with van der Waals surface area (Å²) in [6.45, 7) is 0.346. The van der Waals surface area contributed by atoms with Gasteiger partial charge in [0, 0.05) is 12.6 Å². The highest BCUT2D eigenvalue weighted by Crippen LogP contribution is 2.29. The van der Waals surface area contributed by atoms with Crippen molar-refractivity contribution in [3.05, 3.63) is 23.2 Å². The molecule has 0 aliphatic carbocycles. The molecule has 0 bridgehead atoms. The number of ether oxygens (including phenoxy) is 1. The molecule has 1 aromatic carbocycles. The van der Waals surface area contributed by atoms with Gasteiger partial charge in [0.1, 0.15) is 5.75 Å². The van der Waals surface area contributed by atoms with Crippen molar-refractivity contribution in [3.8, 4) is 5.75 Å². The first-order chi connectivity index (χ1) is 10.3. The smallest absolute Gasteiger partial charge is 0.387 e. The van der Waals surface area contributed by atoms with Crippen LogP contribution in [0.5, 0.6) is 5.75 Å². The number of hydrogen-bond donors (Lipinski definition) is 2. The zero-order chi connectivity index (χ0) is 16.3. The van der Waals surface area contributed by atoms with Crippen molar-refractivity contribution in [2.75, 3.05) is 13.1 Å². The predicted molar refractivity (Wildman–Crippen MR) is 86.1 cm³/mol. The first-order valence-electron chi connectivity index (χ1n) is 6.77. The summed E-state index contributed by atoms with van der Waals surface area (Å²) in [7, 11) is -3.78. The number of piperidine rings is 1. The fourth-order valence-electron chi connectivity index (χ4n) is 2.26. The van der Waals surface area contributed by atoms with Gasteiger partial charge in [-0.05, 0) is 37.1 Å². The lowest BCUT2D eigenvalue weighted by atomic mass is 9.96. The molecule has 1 aliphatic rings. The van der Waals surface area contributed by atoms with E-state index in [-0.39, 0.29) is 40.0 Å². The van der Waals surface area contributed by atoms with Gasteiger partial charge >= 0.3 is 6.61 Å². The van der Waals surface area contributed by atoms with E-state index >= 15 is 0 Å². The van der Waals surface area contributed by atoms with Gasteiger partial charge in [0.2, 0.25) is 10.0 Å². The van der Waals surface area contributed by atoms with E-state index < -0.39 is 16.6 Å². The molecule has 0 radical (unpaired) electrons. The Balaban J connectivity index is 0.00000264. The van der Waals surface area contributed by atoms with Crippen molar-refractivity contribution in [3.63, 3.8) is 0 Å². The summed E-state index contributed by atoms with van der Waals surface area (Å²) in [6, 6.07) is 3.18. The molecule has 5 nitrogen and oxygen atoms in total. The summed E-state index contributed by atoms with van der Waals surface area (Å²) in [5, 5.41) is 2.94. The molecular formula is C13H18Cl2F2N2O3S. The van der Waals surface area contributed by atoms with E-state index in [9.17, 15) is 17.2 Å². The minimum absolute atomic E-state index is 0. The third-order valence-electron chi connectivity index (χ3n) is 3.56. The fraction of sp³-hybridized carbons (Fsp3) is 0.538. The van der Waals surface area contributed by atoms with Crippen LogP contribution in [0.3, 0.4) is 0 Å². The van der Waals surface area contributed by atoms with Crippen LogP contribution in [0.1, 0.15) is 13.3 Å². The molecule has 10 heteroatoms. The van der Waals surface area contributed by atoms with Crippen molar-refractivity contribution >= 4 is 34.0 Å². The molecule has 0 spiro atoms. The number of halogens is 4. The Hall–Kier alpha value is -0.670. The van der Waals surface area contributed by atoms with Gasteiger partial charge in [-0.15, -0.1) is 12.4 Å². The lowest BCUT2D eigenvalue weighted by Gasteiger charge is -2.30. The van der Waals surface area contributed by atoms with Crippen molar-refractivity contribution in [1.29, 1.82) is 0 Å². The van der Waals surface area contributed by atoms with Gasteiger partial charge in [0.05, 0.1) is 9.92 Å². The SMILES string of the molecule is CC1CCNCC1NS(=O)(=O)c1ccc(OC(F)F)c(Cl)c1.Cl. The summed E-state index contributed by atoms with van der Waals surface area (Å²) in [5.74, 6) is -0.0590. The number of benzene rings is 1. The number of rotatable bonds is 5. The fourth-order valence-corrected chi connectivity index (χ4v) is 3.92. The van der Waals surface area contributed by atoms with E-state index in [1.54, 1.807) is 0 Å². The standard InChI is InChI=1S/C13H17ClF2N2O3S.ClH/c1-8-4-5-17-7-11(8)18-22(19,20)9-2-3-12(10(14)6-9)21-13(15)16;/h2-3,6,8,11,13,17-18H,4-5,7H2,1H3;1H. The van der Waals surface area contributed by atoms with Gasteiger partial charge < -0.3 is 10.1 Å². The van der Waals surface area contributed by atoms with Crippen LogP contribution in [-0.2, 0) is 10.0 Å². The first-order valence-corrected chi connectivity index (χ1v) is 8.63. The Kier molecular flexibility index (Phi) is 7.47. The lowest BCUT2D eigenvalue weighted by Crippen LogP contribution is -2.50. The quantitative estimate of drug-likeness (QED) is 0.810. The number of sulfonamides is 1. The van der Waals surface area contributed by atoms with Crippen LogP contribution in [-0.4, -0.2) is 34.2 Å². The van der Waals surface area contributed by atoms with E-state index in [1.165, 1.54) is 6.07 Å². The molecule has 1 aliphatic heterocycles. The van der Waals surface area contributed by atoms with E-state index in [2.05, 4.69) is 14.8 Å². The summed E-state index contributed by atoms with van der Waals surface area (Å²) < 4.78 is 55.8. The van der Waals surface area contributed by atoms with Crippen LogP contribution >= 0.6 is 24.0 Å². The average Bonchev–Trinajstić information content (AvgIpc) is 2.43. The molecule has 1 aromatic rings. The summed E-state index contributed by atoms with van der Waals surface area (Å²) in [6.07, 6.45) is 0.870. The number of nitrogens with one attached hydrogen (secondary N) is 2. The van der Waals surface area contributed by atoms with Crippen molar-refractivity contribution in [2.45, 2.75) is 30.9 Å². The Labute approximate surface area is 145 Å². The number of alkyl halides is 2. The molecule has 0 aromatic heterocycles. The summed E-state index contributed by atoms with van der Waals surface area (Å²) >= 11 is 5.79. The highest BCUT2D eigenvalue weighted by atomic mass is 35.5. The molecule has 2 rings (SSSR count). The maximum atomic E-state index is 12.3. The van der Waals surface area contributed by atoms with Gasteiger partial charge in [-0.3, -0.25) is 0 Å². The highest BCUT2D eigenvalue weighted by molar-refractivity contribution is 7.89. The first kappa shape index (κ1) is 20.4. The second kappa shape index (κ2) is 8.43. The zero-order valence-electron chi connectivity index (χ0n) is 12.3. The second-order valence-electron chi connectivity index (χ2n) is 5.17. The maximum Gasteiger partial charge on any atom is 0.387 e. The minimum atomic E-state index is -3.78. The minimum Gasteiger partial charge on any atom is -0.433 e. The Morgan fingerprint density at radius 3 is 2.70 bits per heavy atom. The molecule has 1 saturated heterocycles. The molecular weight excluding hydrogens is 373 g/mol. The van der Waals surface area contributed by atoms with Crippen LogP contribution < -0.4 is 14.8 Å². The zero-order valence-corrected chi connectivity index (χ0v) is 14.6. The lowest BCUT2D eigenvalue weighted by molar-refractivity contribution is -0.0498. The Morgan fingerprint density at radius 2 is 2.13 bits per heavy atom. The average molecular weight is 391 g/mol. The molecule has 2 unspecified atom stereocenters.